The molecule has 43 heavy (non-hydrogen) atoms. The van der Waals surface area contributed by atoms with Gasteiger partial charge >= 0.3 is 23.9 Å². The quantitative estimate of drug-likeness (QED) is 0.204. The fourth-order valence-electron chi connectivity index (χ4n) is 4.59. The summed E-state index contributed by atoms with van der Waals surface area (Å²) in [5.41, 5.74) is 4.50. The molecular formula is C31H33N3O9. The number of aryl methyl sites for hydroxylation is 1. The van der Waals surface area contributed by atoms with E-state index in [0.29, 0.717) is 5.69 Å². The fraction of sp³-hybridized carbons (Fsp3) is 0.355. The SMILES string of the molecule is CC(=O)OCC1OC(n2cc(-c3ccc(C=Cc4ccc(C)cc4)cc3)nn2)C(OC(C)=O)C(OC(C)=O)C1OC(C)=O. The maximum atomic E-state index is 12.1. The Labute approximate surface area is 248 Å². The van der Waals surface area contributed by atoms with Crippen LogP contribution in [0.25, 0.3) is 23.4 Å². The van der Waals surface area contributed by atoms with E-state index in [-0.39, 0.29) is 6.61 Å². The molecule has 5 unspecified atom stereocenters. The minimum absolute atomic E-state index is 0.340. The van der Waals surface area contributed by atoms with Crippen molar-refractivity contribution >= 4 is 36.0 Å². The summed E-state index contributed by atoms with van der Waals surface area (Å²) in [6.07, 6.45) is -0.527. The van der Waals surface area contributed by atoms with E-state index >= 15 is 0 Å². The predicted molar refractivity (Wildman–Crippen MR) is 153 cm³/mol. The first-order valence-corrected chi connectivity index (χ1v) is 13.6. The monoisotopic (exact) mass is 591 g/mol. The molecule has 2 aromatic carbocycles. The van der Waals surface area contributed by atoms with E-state index in [1.165, 1.54) is 24.1 Å². The van der Waals surface area contributed by atoms with Gasteiger partial charge in [-0.3, -0.25) is 19.2 Å². The normalized spacial score (nSPS) is 21.7. The van der Waals surface area contributed by atoms with Gasteiger partial charge in [-0.05, 0) is 18.1 Å². The van der Waals surface area contributed by atoms with Crippen LogP contribution in [0.4, 0.5) is 0 Å². The highest BCUT2D eigenvalue weighted by molar-refractivity contribution is 5.71. The van der Waals surface area contributed by atoms with Crippen molar-refractivity contribution in [2.45, 2.75) is 65.3 Å². The van der Waals surface area contributed by atoms with Crippen molar-refractivity contribution in [3.05, 3.63) is 71.4 Å². The average molecular weight is 592 g/mol. The van der Waals surface area contributed by atoms with Gasteiger partial charge in [0.2, 0.25) is 0 Å². The minimum Gasteiger partial charge on any atom is -0.463 e. The Balaban J connectivity index is 1.62. The molecule has 3 aromatic rings. The maximum Gasteiger partial charge on any atom is 0.303 e. The smallest absolute Gasteiger partial charge is 0.303 e. The number of carbonyl (C=O) groups excluding carboxylic acids is 4. The first kappa shape index (κ1) is 31.1. The Morgan fingerprint density at radius 3 is 1.86 bits per heavy atom. The van der Waals surface area contributed by atoms with Gasteiger partial charge in [0.1, 0.15) is 18.4 Å². The molecule has 0 bridgehead atoms. The maximum absolute atomic E-state index is 12.1. The lowest BCUT2D eigenvalue weighted by Gasteiger charge is -2.44. The zero-order valence-electron chi connectivity index (χ0n) is 24.5. The molecule has 2 heterocycles. The molecule has 0 saturated carbocycles. The standard InChI is InChI=1S/C31H33N3O9/c1-18-6-8-23(9-7-18)10-11-24-12-14-25(15-13-24)26-16-34(33-32-26)31-30(42-22(5)38)29(41-21(4)37)28(40-20(3)36)27(43-31)17-39-19(2)35/h6-16,27-31H,17H2,1-5H3. The molecular weight excluding hydrogens is 558 g/mol. The van der Waals surface area contributed by atoms with E-state index in [9.17, 15) is 19.2 Å². The second-order valence-electron chi connectivity index (χ2n) is 10.0. The molecule has 0 radical (unpaired) electrons. The lowest BCUT2D eigenvalue weighted by molar-refractivity contribution is -0.270. The number of carbonyl (C=O) groups is 4. The third-order valence-electron chi connectivity index (χ3n) is 6.49. The van der Waals surface area contributed by atoms with Gasteiger partial charge in [0.25, 0.3) is 0 Å². The zero-order valence-corrected chi connectivity index (χ0v) is 24.5. The van der Waals surface area contributed by atoms with Crippen LogP contribution in [0.5, 0.6) is 0 Å². The van der Waals surface area contributed by atoms with Crippen molar-refractivity contribution in [3.63, 3.8) is 0 Å². The lowest BCUT2D eigenvalue weighted by atomic mass is 9.97. The van der Waals surface area contributed by atoms with Crippen LogP contribution in [-0.2, 0) is 42.9 Å². The number of nitrogens with zero attached hydrogens (tertiary/aromatic N) is 3. The first-order chi connectivity index (χ1) is 20.5. The second-order valence-corrected chi connectivity index (χ2v) is 10.0. The number of esters is 4. The summed E-state index contributed by atoms with van der Waals surface area (Å²) in [4.78, 5) is 47.7. The van der Waals surface area contributed by atoms with Crippen LogP contribution in [0, 0.1) is 6.92 Å². The molecule has 12 heteroatoms. The van der Waals surface area contributed by atoms with E-state index in [0.717, 1.165) is 30.5 Å². The zero-order chi connectivity index (χ0) is 31.1. The fourth-order valence-corrected chi connectivity index (χ4v) is 4.59. The molecule has 226 valence electrons. The highest BCUT2D eigenvalue weighted by Crippen LogP contribution is 2.35. The highest BCUT2D eigenvalue weighted by Gasteiger charge is 2.53. The van der Waals surface area contributed by atoms with Crippen molar-refractivity contribution in [1.82, 2.24) is 15.0 Å². The summed E-state index contributed by atoms with van der Waals surface area (Å²) in [5, 5.41) is 8.44. The molecule has 12 nitrogen and oxygen atoms in total. The molecule has 1 aliphatic heterocycles. The van der Waals surface area contributed by atoms with E-state index in [1.807, 2.05) is 55.5 Å². The summed E-state index contributed by atoms with van der Waals surface area (Å²) in [6, 6.07) is 15.8. The van der Waals surface area contributed by atoms with E-state index in [2.05, 4.69) is 22.4 Å². The van der Waals surface area contributed by atoms with Gasteiger partial charge in [0.15, 0.2) is 24.5 Å². The number of aromatic nitrogens is 3. The van der Waals surface area contributed by atoms with Crippen LogP contribution in [0.2, 0.25) is 0 Å². The van der Waals surface area contributed by atoms with E-state index in [4.69, 9.17) is 23.7 Å². The Morgan fingerprint density at radius 1 is 0.767 bits per heavy atom. The Hall–Kier alpha value is -4.84. The van der Waals surface area contributed by atoms with Gasteiger partial charge < -0.3 is 23.7 Å². The molecule has 0 N–H and O–H groups in total. The molecule has 4 rings (SSSR count). The van der Waals surface area contributed by atoms with Crippen LogP contribution >= 0.6 is 0 Å². The van der Waals surface area contributed by atoms with Gasteiger partial charge in [-0.2, -0.15) is 0 Å². The summed E-state index contributed by atoms with van der Waals surface area (Å²) in [5.74, 6) is -2.74. The lowest BCUT2D eigenvalue weighted by Crippen LogP contribution is -2.60. The third-order valence-corrected chi connectivity index (χ3v) is 6.49. The number of rotatable bonds is 9. The predicted octanol–water partition coefficient (Wildman–Crippen LogP) is 3.68. The Bertz CT molecular complexity index is 1480. The summed E-state index contributed by atoms with van der Waals surface area (Å²) in [7, 11) is 0. The van der Waals surface area contributed by atoms with Crippen molar-refractivity contribution in [1.29, 1.82) is 0 Å². The molecule has 1 fully saturated rings. The third kappa shape index (κ3) is 8.35. The second kappa shape index (κ2) is 13.9. The number of hydrogen-bond donors (Lipinski definition) is 0. The van der Waals surface area contributed by atoms with Crippen molar-refractivity contribution < 1.29 is 42.9 Å². The van der Waals surface area contributed by atoms with Crippen molar-refractivity contribution in [2.75, 3.05) is 6.61 Å². The average Bonchev–Trinajstić information content (AvgIpc) is 3.43. The van der Waals surface area contributed by atoms with Crippen LogP contribution in [0.15, 0.2) is 54.7 Å². The molecule has 1 aliphatic rings. The van der Waals surface area contributed by atoms with E-state index < -0.39 is 54.5 Å². The largest absolute Gasteiger partial charge is 0.463 e. The van der Waals surface area contributed by atoms with Gasteiger partial charge in [0, 0.05) is 33.3 Å². The molecule has 1 saturated heterocycles. The van der Waals surface area contributed by atoms with Gasteiger partial charge in [-0.25, -0.2) is 4.68 Å². The van der Waals surface area contributed by atoms with Crippen molar-refractivity contribution in [2.24, 2.45) is 0 Å². The topological polar surface area (TPSA) is 145 Å². The Kier molecular flexibility index (Phi) is 10.0. The number of hydrogen-bond acceptors (Lipinski definition) is 11. The van der Waals surface area contributed by atoms with Gasteiger partial charge in [-0.15, -0.1) is 5.10 Å². The van der Waals surface area contributed by atoms with Crippen LogP contribution in [-0.4, -0.2) is 69.9 Å². The van der Waals surface area contributed by atoms with Crippen molar-refractivity contribution in [3.8, 4) is 11.3 Å². The Morgan fingerprint density at radius 2 is 1.30 bits per heavy atom. The molecule has 0 spiro atoms. The highest BCUT2D eigenvalue weighted by atomic mass is 16.7. The van der Waals surface area contributed by atoms with Crippen LogP contribution in [0.1, 0.15) is 50.6 Å². The number of benzene rings is 2. The van der Waals surface area contributed by atoms with Crippen LogP contribution in [0.3, 0.4) is 0 Å². The molecule has 0 aliphatic carbocycles. The van der Waals surface area contributed by atoms with Gasteiger partial charge in [0.05, 0.1) is 6.20 Å². The van der Waals surface area contributed by atoms with E-state index in [1.54, 1.807) is 6.20 Å². The summed E-state index contributed by atoms with van der Waals surface area (Å²) >= 11 is 0. The van der Waals surface area contributed by atoms with Gasteiger partial charge in [-0.1, -0.05) is 71.5 Å². The molecule has 0 amide bonds. The summed E-state index contributed by atoms with van der Waals surface area (Å²) < 4.78 is 29.0. The minimum atomic E-state index is -1.31. The molecule has 5 atom stereocenters. The summed E-state index contributed by atoms with van der Waals surface area (Å²) in [6.45, 7) is 6.41. The first-order valence-electron chi connectivity index (χ1n) is 13.6. The molecule has 1 aromatic heterocycles. The van der Waals surface area contributed by atoms with Crippen LogP contribution < -0.4 is 0 Å². The number of ether oxygens (including phenoxy) is 5.